The maximum Gasteiger partial charge on any atom is 0.270 e. The van der Waals surface area contributed by atoms with Crippen molar-refractivity contribution in [2.24, 2.45) is 0 Å². The van der Waals surface area contributed by atoms with E-state index in [2.05, 4.69) is 25.1 Å². The molecule has 1 aromatic carbocycles. The van der Waals surface area contributed by atoms with Gasteiger partial charge in [0, 0.05) is 44.0 Å². The third kappa shape index (κ3) is 3.76. The zero-order valence-corrected chi connectivity index (χ0v) is 14.8. The molecule has 1 saturated carbocycles. The Hall–Kier alpha value is -2.70. The van der Waals surface area contributed by atoms with Gasteiger partial charge in [0.2, 0.25) is 0 Å². The van der Waals surface area contributed by atoms with E-state index in [9.17, 15) is 9.18 Å². The first-order chi connectivity index (χ1) is 12.6. The van der Waals surface area contributed by atoms with Gasteiger partial charge in [-0.2, -0.15) is 0 Å². The zero-order valence-electron chi connectivity index (χ0n) is 14.8. The summed E-state index contributed by atoms with van der Waals surface area (Å²) in [6.07, 6.45) is 2.10. The van der Waals surface area contributed by atoms with Crippen molar-refractivity contribution >= 4 is 17.4 Å². The summed E-state index contributed by atoms with van der Waals surface area (Å²) in [5, 5.41) is 2.97. The maximum atomic E-state index is 13.1. The molecular formula is C19H22FN5O. The lowest BCUT2D eigenvalue weighted by molar-refractivity contribution is 0.0945. The van der Waals surface area contributed by atoms with Crippen LogP contribution in [-0.2, 0) is 0 Å². The molecule has 136 valence electrons. The molecule has 2 aromatic rings. The summed E-state index contributed by atoms with van der Waals surface area (Å²) < 4.78 is 13.1. The molecule has 0 bridgehead atoms. The summed E-state index contributed by atoms with van der Waals surface area (Å²) in [6, 6.07) is 8.67. The van der Waals surface area contributed by atoms with Crippen LogP contribution in [0.4, 0.5) is 15.9 Å². The molecule has 26 heavy (non-hydrogen) atoms. The molecule has 4 rings (SSSR count). The van der Waals surface area contributed by atoms with Gasteiger partial charge in [0.1, 0.15) is 23.2 Å². The van der Waals surface area contributed by atoms with E-state index in [1.165, 1.54) is 12.1 Å². The summed E-state index contributed by atoms with van der Waals surface area (Å²) in [7, 11) is 0. The predicted octanol–water partition coefficient (Wildman–Crippen LogP) is 2.14. The lowest BCUT2D eigenvalue weighted by atomic mass is 10.2. The second-order valence-corrected chi connectivity index (χ2v) is 6.86. The van der Waals surface area contributed by atoms with Gasteiger partial charge in [0.05, 0.1) is 0 Å². The van der Waals surface area contributed by atoms with Gasteiger partial charge in [0.25, 0.3) is 5.91 Å². The number of aryl methyl sites for hydroxylation is 1. The first kappa shape index (κ1) is 16.8. The van der Waals surface area contributed by atoms with Gasteiger partial charge in [-0.15, -0.1) is 0 Å². The van der Waals surface area contributed by atoms with Crippen molar-refractivity contribution in [3.05, 3.63) is 47.7 Å². The van der Waals surface area contributed by atoms with E-state index in [1.54, 1.807) is 18.2 Å². The van der Waals surface area contributed by atoms with Gasteiger partial charge in [-0.3, -0.25) is 4.79 Å². The fourth-order valence-corrected chi connectivity index (χ4v) is 3.16. The monoisotopic (exact) mass is 355 g/mol. The van der Waals surface area contributed by atoms with Crippen LogP contribution in [0.15, 0.2) is 30.3 Å². The Morgan fingerprint density at radius 3 is 2.38 bits per heavy atom. The number of hydrogen-bond donors (Lipinski definition) is 1. The number of anilines is 2. The number of amides is 1. The van der Waals surface area contributed by atoms with E-state index < -0.39 is 0 Å². The molecule has 1 saturated heterocycles. The molecule has 0 radical (unpaired) electrons. The van der Waals surface area contributed by atoms with E-state index in [0.717, 1.165) is 50.5 Å². The summed E-state index contributed by atoms with van der Waals surface area (Å²) in [5.74, 6) is 1.05. The van der Waals surface area contributed by atoms with E-state index in [-0.39, 0.29) is 11.7 Å². The van der Waals surface area contributed by atoms with Gasteiger partial charge in [-0.1, -0.05) is 0 Å². The lowest BCUT2D eigenvalue weighted by Crippen LogP contribution is -2.47. The molecule has 0 spiro atoms. The van der Waals surface area contributed by atoms with Crippen molar-refractivity contribution < 1.29 is 9.18 Å². The first-order valence-electron chi connectivity index (χ1n) is 9.00. The Kier molecular flexibility index (Phi) is 4.44. The molecule has 0 atom stereocenters. The lowest BCUT2D eigenvalue weighted by Gasteiger charge is -2.36. The van der Waals surface area contributed by atoms with Crippen LogP contribution in [-0.4, -0.2) is 48.1 Å². The molecule has 1 aliphatic heterocycles. The fourth-order valence-electron chi connectivity index (χ4n) is 3.16. The van der Waals surface area contributed by atoms with E-state index in [1.807, 2.05) is 6.92 Å². The minimum Gasteiger partial charge on any atom is -0.368 e. The summed E-state index contributed by atoms with van der Waals surface area (Å²) in [5.41, 5.74) is 1.45. The van der Waals surface area contributed by atoms with Crippen LogP contribution in [0.1, 0.15) is 29.2 Å². The zero-order chi connectivity index (χ0) is 18.1. The Bertz CT molecular complexity index is 798. The Labute approximate surface area is 152 Å². The van der Waals surface area contributed by atoms with E-state index in [4.69, 9.17) is 0 Å². The number of rotatable bonds is 4. The Balaban J connectivity index is 1.44. The van der Waals surface area contributed by atoms with Gasteiger partial charge in [-0.05, 0) is 44.0 Å². The van der Waals surface area contributed by atoms with Crippen molar-refractivity contribution in [2.45, 2.75) is 25.8 Å². The number of nitrogens with zero attached hydrogens (tertiary/aromatic N) is 4. The van der Waals surface area contributed by atoms with Crippen molar-refractivity contribution in [1.82, 2.24) is 15.3 Å². The standard InChI is InChI=1S/C19H22FN5O/c1-13-21-17(19(26)23-15-4-5-15)12-18(22-13)25-10-8-24(9-11-25)16-6-2-14(20)3-7-16/h2-3,6-7,12,15H,4-5,8-11H2,1H3,(H,23,26). The second-order valence-electron chi connectivity index (χ2n) is 6.86. The fraction of sp³-hybridized carbons (Fsp3) is 0.421. The Morgan fingerprint density at radius 1 is 1.08 bits per heavy atom. The normalized spacial score (nSPS) is 17.3. The maximum absolute atomic E-state index is 13.1. The molecule has 2 aliphatic rings. The van der Waals surface area contributed by atoms with Crippen LogP contribution in [0.3, 0.4) is 0 Å². The van der Waals surface area contributed by atoms with Gasteiger partial charge < -0.3 is 15.1 Å². The number of hydrogen-bond acceptors (Lipinski definition) is 5. The highest BCUT2D eigenvalue weighted by Crippen LogP contribution is 2.22. The van der Waals surface area contributed by atoms with Crippen molar-refractivity contribution in [3.8, 4) is 0 Å². The number of carbonyl (C=O) groups is 1. The van der Waals surface area contributed by atoms with Gasteiger partial charge >= 0.3 is 0 Å². The average Bonchev–Trinajstić information content (AvgIpc) is 3.46. The smallest absolute Gasteiger partial charge is 0.270 e. The number of benzene rings is 1. The van der Waals surface area contributed by atoms with Gasteiger partial charge in [-0.25, -0.2) is 14.4 Å². The van der Waals surface area contributed by atoms with Gasteiger partial charge in [0.15, 0.2) is 0 Å². The summed E-state index contributed by atoms with van der Waals surface area (Å²) >= 11 is 0. The number of halogens is 1. The molecule has 0 unspecified atom stereocenters. The third-order valence-electron chi connectivity index (χ3n) is 4.77. The molecular weight excluding hydrogens is 333 g/mol. The number of piperazine rings is 1. The highest BCUT2D eigenvalue weighted by Gasteiger charge is 2.25. The van der Waals surface area contributed by atoms with Crippen LogP contribution in [0.25, 0.3) is 0 Å². The average molecular weight is 355 g/mol. The Morgan fingerprint density at radius 2 is 1.73 bits per heavy atom. The SMILES string of the molecule is Cc1nc(C(=O)NC2CC2)cc(N2CCN(c3ccc(F)cc3)CC2)n1. The predicted molar refractivity (Wildman–Crippen MR) is 98.1 cm³/mol. The van der Waals surface area contributed by atoms with Crippen LogP contribution in [0.2, 0.25) is 0 Å². The number of aromatic nitrogens is 2. The highest BCUT2D eigenvalue weighted by atomic mass is 19.1. The van der Waals surface area contributed by atoms with E-state index >= 15 is 0 Å². The highest BCUT2D eigenvalue weighted by molar-refractivity contribution is 5.93. The molecule has 1 aliphatic carbocycles. The molecule has 1 amide bonds. The van der Waals surface area contributed by atoms with Crippen LogP contribution < -0.4 is 15.1 Å². The summed E-state index contributed by atoms with van der Waals surface area (Å²) in [4.78, 5) is 25.5. The van der Waals surface area contributed by atoms with Crippen molar-refractivity contribution in [3.63, 3.8) is 0 Å². The van der Waals surface area contributed by atoms with Crippen LogP contribution >= 0.6 is 0 Å². The minimum absolute atomic E-state index is 0.121. The molecule has 2 fully saturated rings. The number of nitrogens with one attached hydrogen (secondary N) is 1. The quantitative estimate of drug-likeness (QED) is 0.911. The largest absolute Gasteiger partial charge is 0.368 e. The van der Waals surface area contributed by atoms with Crippen molar-refractivity contribution in [2.75, 3.05) is 36.0 Å². The topological polar surface area (TPSA) is 61.4 Å². The molecule has 2 heterocycles. The van der Waals surface area contributed by atoms with Crippen molar-refractivity contribution in [1.29, 1.82) is 0 Å². The molecule has 7 heteroatoms. The molecule has 6 nitrogen and oxygen atoms in total. The first-order valence-corrected chi connectivity index (χ1v) is 9.00. The van der Waals surface area contributed by atoms with Crippen LogP contribution in [0.5, 0.6) is 0 Å². The minimum atomic E-state index is -0.221. The summed E-state index contributed by atoms with van der Waals surface area (Å²) in [6.45, 7) is 5.03. The number of carbonyl (C=O) groups excluding carboxylic acids is 1. The van der Waals surface area contributed by atoms with Crippen LogP contribution in [0, 0.1) is 12.7 Å². The molecule has 1 aromatic heterocycles. The van der Waals surface area contributed by atoms with E-state index in [0.29, 0.717) is 17.6 Å². The second kappa shape index (κ2) is 6.90. The third-order valence-corrected chi connectivity index (χ3v) is 4.77. The molecule has 1 N–H and O–H groups in total.